The first-order valence-electron chi connectivity index (χ1n) is 19.7. The number of hydrogen-bond donors (Lipinski definition) is 0. The predicted octanol–water partition coefficient (Wildman–Crippen LogP) is 15.4. The molecule has 266 valence electrons. The average Bonchev–Trinajstić information content (AvgIpc) is 3.62. The number of fused-ring (bicyclic) bond motifs is 5. The molecular formula is C56H37N. The third-order valence-electron chi connectivity index (χ3n) is 11.6. The van der Waals surface area contributed by atoms with Gasteiger partial charge in [0.05, 0.1) is 11.0 Å². The van der Waals surface area contributed by atoms with Crippen LogP contribution in [-0.2, 0) is 0 Å². The van der Waals surface area contributed by atoms with Crippen molar-refractivity contribution in [2.75, 3.05) is 0 Å². The fourth-order valence-electron chi connectivity index (χ4n) is 9.17. The van der Waals surface area contributed by atoms with Gasteiger partial charge in [-0.15, -0.1) is 0 Å². The van der Waals surface area contributed by atoms with Crippen LogP contribution in [0.4, 0.5) is 0 Å². The Bertz CT molecular complexity index is 3210. The summed E-state index contributed by atoms with van der Waals surface area (Å²) in [6, 6.07) is 82.0. The Balaban J connectivity index is 1.24. The van der Waals surface area contributed by atoms with E-state index >= 15 is 0 Å². The predicted molar refractivity (Wildman–Crippen MR) is 243 cm³/mol. The molecule has 0 fully saturated rings. The zero-order valence-electron chi connectivity index (χ0n) is 31.3. The summed E-state index contributed by atoms with van der Waals surface area (Å²) in [7, 11) is 0. The zero-order valence-corrected chi connectivity index (χ0v) is 31.3. The standard InChI is InChI=1S/C56H37N/c1-4-19-38(20-5-1)42-25-10-11-27-46(42)54-47-28-12-14-30-49(47)56(50-31-15-13-29-48(50)54)55-43(39-21-6-2-7-22-39)32-18-33-44(55)40-35-36-53-51(37-40)45-26-16-17-34-52(45)57(53)41-23-8-3-9-24-41/h1-37H. The van der Waals surface area contributed by atoms with Crippen LogP contribution in [0.5, 0.6) is 0 Å². The van der Waals surface area contributed by atoms with Gasteiger partial charge in [-0.3, -0.25) is 0 Å². The lowest BCUT2D eigenvalue weighted by Crippen LogP contribution is -1.96. The molecule has 57 heavy (non-hydrogen) atoms. The summed E-state index contributed by atoms with van der Waals surface area (Å²) >= 11 is 0. The number of aromatic nitrogens is 1. The molecule has 0 atom stereocenters. The maximum atomic E-state index is 2.42. The Morgan fingerprint density at radius 1 is 0.228 bits per heavy atom. The van der Waals surface area contributed by atoms with Crippen LogP contribution in [0.2, 0.25) is 0 Å². The van der Waals surface area contributed by atoms with Gasteiger partial charge in [0.1, 0.15) is 0 Å². The summed E-state index contributed by atoms with van der Waals surface area (Å²) < 4.78 is 2.39. The molecule has 1 nitrogen and oxygen atoms in total. The number of benzene rings is 10. The van der Waals surface area contributed by atoms with E-state index in [2.05, 4.69) is 229 Å². The Hall–Kier alpha value is -7.48. The van der Waals surface area contributed by atoms with Crippen LogP contribution >= 0.6 is 0 Å². The monoisotopic (exact) mass is 723 g/mol. The Morgan fingerprint density at radius 3 is 1.30 bits per heavy atom. The molecule has 0 unspecified atom stereocenters. The van der Waals surface area contributed by atoms with Crippen molar-refractivity contribution in [3.05, 3.63) is 224 Å². The number of nitrogens with zero attached hydrogens (tertiary/aromatic N) is 1. The van der Waals surface area contributed by atoms with Crippen molar-refractivity contribution in [1.82, 2.24) is 4.57 Å². The smallest absolute Gasteiger partial charge is 0.0541 e. The summed E-state index contributed by atoms with van der Waals surface area (Å²) in [6.45, 7) is 0. The Morgan fingerprint density at radius 2 is 0.667 bits per heavy atom. The van der Waals surface area contributed by atoms with Crippen LogP contribution in [0.3, 0.4) is 0 Å². The molecule has 0 aliphatic rings. The zero-order chi connectivity index (χ0) is 37.7. The van der Waals surface area contributed by atoms with E-state index in [1.807, 2.05) is 0 Å². The maximum Gasteiger partial charge on any atom is 0.0541 e. The van der Waals surface area contributed by atoms with E-state index in [4.69, 9.17) is 0 Å². The van der Waals surface area contributed by atoms with Crippen LogP contribution in [-0.4, -0.2) is 4.57 Å². The molecule has 11 rings (SSSR count). The lowest BCUT2D eigenvalue weighted by molar-refractivity contribution is 1.18. The minimum Gasteiger partial charge on any atom is -0.309 e. The fourth-order valence-corrected chi connectivity index (χ4v) is 9.17. The minimum atomic E-state index is 1.16. The number of hydrogen-bond acceptors (Lipinski definition) is 0. The van der Waals surface area contributed by atoms with Gasteiger partial charge in [0.2, 0.25) is 0 Å². The van der Waals surface area contributed by atoms with Crippen molar-refractivity contribution in [3.63, 3.8) is 0 Å². The van der Waals surface area contributed by atoms with Crippen LogP contribution < -0.4 is 0 Å². The average molecular weight is 724 g/mol. The first-order chi connectivity index (χ1) is 28.3. The summed E-state index contributed by atoms with van der Waals surface area (Å²) in [6.07, 6.45) is 0. The quantitative estimate of drug-likeness (QED) is 0.151. The molecule has 10 aromatic carbocycles. The molecule has 11 aromatic rings. The molecule has 1 heterocycles. The van der Waals surface area contributed by atoms with Crippen molar-refractivity contribution in [3.8, 4) is 61.3 Å². The van der Waals surface area contributed by atoms with Gasteiger partial charge in [0.25, 0.3) is 0 Å². The molecule has 0 aliphatic carbocycles. The molecule has 1 heteroatoms. The second-order valence-corrected chi connectivity index (χ2v) is 14.8. The van der Waals surface area contributed by atoms with Crippen LogP contribution in [0, 0.1) is 0 Å². The molecule has 0 bridgehead atoms. The first-order valence-corrected chi connectivity index (χ1v) is 19.7. The highest BCUT2D eigenvalue weighted by Gasteiger charge is 2.23. The summed E-state index contributed by atoms with van der Waals surface area (Å²) in [5.74, 6) is 0. The van der Waals surface area contributed by atoms with Crippen molar-refractivity contribution in [1.29, 1.82) is 0 Å². The second-order valence-electron chi connectivity index (χ2n) is 14.8. The first kappa shape index (κ1) is 32.9. The van der Waals surface area contributed by atoms with E-state index < -0.39 is 0 Å². The molecule has 0 radical (unpaired) electrons. The van der Waals surface area contributed by atoms with Crippen molar-refractivity contribution >= 4 is 43.4 Å². The van der Waals surface area contributed by atoms with Gasteiger partial charge in [0.15, 0.2) is 0 Å². The van der Waals surface area contributed by atoms with Crippen LogP contribution in [0.15, 0.2) is 224 Å². The molecule has 0 N–H and O–H groups in total. The Kier molecular flexibility index (Phi) is 7.89. The second kappa shape index (κ2) is 13.7. The van der Waals surface area contributed by atoms with Gasteiger partial charge < -0.3 is 4.57 Å². The minimum absolute atomic E-state index is 1.16. The number of para-hydroxylation sites is 2. The van der Waals surface area contributed by atoms with E-state index in [9.17, 15) is 0 Å². The maximum absolute atomic E-state index is 2.42. The van der Waals surface area contributed by atoms with Gasteiger partial charge in [-0.05, 0) is 108 Å². The van der Waals surface area contributed by atoms with Gasteiger partial charge in [-0.25, -0.2) is 0 Å². The van der Waals surface area contributed by atoms with E-state index in [0.29, 0.717) is 0 Å². The normalized spacial score (nSPS) is 11.5. The van der Waals surface area contributed by atoms with Crippen molar-refractivity contribution in [2.45, 2.75) is 0 Å². The third-order valence-corrected chi connectivity index (χ3v) is 11.6. The largest absolute Gasteiger partial charge is 0.309 e. The lowest BCUT2D eigenvalue weighted by Gasteiger charge is -2.23. The van der Waals surface area contributed by atoms with Gasteiger partial charge in [-0.2, -0.15) is 0 Å². The van der Waals surface area contributed by atoms with Crippen molar-refractivity contribution < 1.29 is 0 Å². The molecule has 0 aliphatic heterocycles. The molecule has 0 saturated carbocycles. The van der Waals surface area contributed by atoms with Crippen LogP contribution in [0.25, 0.3) is 105 Å². The highest BCUT2D eigenvalue weighted by Crippen LogP contribution is 2.50. The highest BCUT2D eigenvalue weighted by atomic mass is 15.0. The highest BCUT2D eigenvalue weighted by molar-refractivity contribution is 6.25. The molecule has 0 saturated heterocycles. The fraction of sp³-hybridized carbons (Fsp3) is 0. The summed E-state index contributed by atoms with van der Waals surface area (Å²) in [5.41, 5.74) is 15.8. The van der Waals surface area contributed by atoms with Gasteiger partial charge >= 0.3 is 0 Å². The Labute approximate surface area is 332 Å². The van der Waals surface area contributed by atoms with E-state index in [1.165, 1.54) is 99.0 Å². The summed E-state index contributed by atoms with van der Waals surface area (Å²) in [5, 5.41) is 7.44. The number of rotatable bonds is 6. The molecular weight excluding hydrogens is 687 g/mol. The van der Waals surface area contributed by atoms with E-state index in [1.54, 1.807) is 0 Å². The molecule has 0 spiro atoms. The van der Waals surface area contributed by atoms with E-state index in [0.717, 1.165) is 5.69 Å². The third kappa shape index (κ3) is 5.39. The van der Waals surface area contributed by atoms with E-state index in [-0.39, 0.29) is 0 Å². The molecule has 1 aromatic heterocycles. The van der Waals surface area contributed by atoms with Gasteiger partial charge in [0, 0.05) is 16.5 Å². The SMILES string of the molecule is c1ccc(-c2ccccc2-c2c3ccccc3c(-c3c(-c4ccccc4)cccc3-c3ccc4c(c3)c3ccccc3n4-c3ccccc3)c3ccccc23)cc1. The topological polar surface area (TPSA) is 4.93 Å². The lowest BCUT2D eigenvalue weighted by atomic mass is 9.80. The molecule has 0 amide bonds. The van der Waals surface area contributed by atoms with Gasteiger partial charge in [-0.1, -0.05) is 194 Å². The van der Waals surface area contributed by atoms with Crippen molar-refractivity contribution in [2.24, 2.45) is 0 Å². The summed E-state index contributed by atoms with van der Waals surface area (Å²) in [4.78, 5) is 0. The van der Waals surface area contributed by atoms with Crippen LogP contribution in [0.1, 0.15) is 0 Å².